The number of rotatable bonds is 10. The van der Waals surface area contributed by atoms with Gasteiger partial charge in [-0.25, -0.2) is 4.98 Å². The van der Waals surface area contributed by atoms with Crippen LogP contribution in [0.25, 0.3) is 0 Å². The van der Waals surface area contributed by atoms with Gasteiger partial charge >= 0.3 is 0 Å². The zero-order valence-corrected chi connectivity index (χ0v) is 13.5. The van der Waals surface area contributed by atoms with E-state index >= 15 is 0 Å². The normalized spacial score (nSPS) is 10.8. The van der Waals surface area contributed by atoms with E-state index in [1.807, 2.05) is 20.0 Å². The quantitative estimate of drug-likeness (QED) is 0.629. The number of anilines is 2. The predicted molar refractivity (Wildman–Crippen MR) is 87.3 cm³/mol. The van der Waals surface area contributed by atoms with Crippen LogP contribution in [-0.2, 0) is 0 Å². The fraction of sp³-hybridized carbons (Fsp3) is 0.750. The third-order valence-corrected chi connectivity index (χ3v) is 3.31. The number of unbranched alkanes of at least 4 members (excludes halogenated alkanes) is 3. The Morgan fingerprint density at radius 1 is 1.10 bits per heavy atom. The summed E-state index contributed by atoms with van der Waals surface area (Å²) >= 11 is 0. The molecule has 0 aromatic carbocycles. The van der Waals surface area contributed by atoms with Crippen LogP contribution in [0.1, 0.15) is 58.4 Å². The van der Waals surface area contributed by atoms with Crippen LogP contribution in [0.3, 0.4) is 0 Å². The summed E-state index contributed by atoms with van der Waals surface area (Å²) in [6, 6.07) is 0. The van der Waals surface area contributed by atoms with Crippen LogP contribution in [0.15, 0.2) is 6.20 Å². The van der Waals surface area contributed by atoms with Gasteiger partial charge in [0.25, 0.3) is 0 Å². The molecule has 1 aromatic rings. The molecule has 0 aliphatic heterocycles. The van der Waals surface area contributed by atoms with E-state index in [1.165, 1.54) is 32.1 Å². The lowest BCUT2D eigenvalue weighted by Crippen LogP contribution is -2.09. The topological polar surface area (TPSA) is 49.8 Å². The molecule has 0 radical (unpaired) electrons. The van der Waals surface area contributed by atoms with Crippen molar-refractivity contribution in [3.8, 4) is 0 Å². The van der Waals surface area contributed by atoms with Gasteiger partial charge in [-0.3, -0.25) is 0 Å². The minimum Gasteiger partial charge on any atom is -0.370 e. The van der Waals surface area contributed by atoms with Gasteiger partial charge in [0.1, 0.15) is 5.82 Å². The fourth-order valence-corrected chi connectivity index (χ4v) is 2.10. The fourth-order valence-electron chi connectivity index (χ4n) is 2.10. The van der Waals surface area contributed by atoms with E-state index in [4.69, 9.17) is 0 Å². The molecule has 0 saturated heterocycles. The van der Waals surface area contributed by atoms with Crippen molar-refractivity contribution in [1.29, 1.82) is 0 Å². The molecule has 2 N–H and O–H groups in total. The molecule has 0 spiro atoms. The van der Waals surface area contributed by atoms with Gasteiger partial charge in [0, 0.05) is 24.8 Å². The number of nitrogens with zero attached hydrogens (tertiary/aromatic N) is 2. The Labute approximate surface area is 123 Å². The van der Waals surface area contributed by atoms with Gasteiger partial charge in [-0.05, 0) is 26.2 Å². The molecule has 1 aromatic heterocycles. The average molecular weight is 278 g/mol. The molecule has 0 amide bonds. The summed E-state index contributed by atoms with van der Waals surface area (Å²) in [6.07, 6.45) is 8.42. The molecular weight excluding hydrogens is 248 g/mol. The van der Waals surface area contributed by atoms with E-state index < -0.39 is 0 Å². The summed E-state index contributed by atoms with van der Waals surface area (Å²) in [5, 5.41) is 6.56. The van der Waals surface area contributed by atoms with Crippen molar-refractivity contribution in [3.63, 3.8) is 0 Å². The largest absolute Gasteiger partial charge is 0.370 e. The van der Waals surface area contributed by atoms with E-state index in [0.717, 1.165) is 30.4 Å². The van der Waals surface area contributed by atoms with Crippen molar-refractivity contribution in [2.75, 3.05) is 23.7 Å². The molecule has 4 nitrogen and oxygen atoms in total. The maximum atomic E-state index is 4.49. The summed E-state index contributed by atoms with van der Waals surface area (Å²) in [4.78, 5) is 8.74. The molecule has 1 heterocycles. The minimum absolute atomic E-state index is 0.706. The Hall–Kier alpha value is -1.32. The summed E-state index contributed by atoms with van der Waals surface area (Å²) < 4.78 is 0. The second-order valence-electron chi connectivity index (χ2n) is 5.78. The van der Waals surface area contributed by atoms with Gasteiger partial charge in [0.05, 0.1) is 0 Å². The molecule has 0 fully saturated rings. The monoisotopic (exact) mass is 278 g/mol. The molecule has 0 aliphatic carbocycles. The predicted octanol–water partition coefficient (Wildman–Crippen LogP) is 4.24. The van der Waals surface area contributed by atoms with Crippen molar-refractivity contribution >= 4 is 11.8 Å². The highest BCUT2D eigenvalue weighted by atomic mass is 15.1. The lowest BCUT2D eigenvalue weighted by molar-refractivity contribution is 0.523. The summed E-state index contributed by atoms with van der Waals surface area (Å²) in [5.74, 6) is 2.50. The van der Waals surface area contributed by atoms with E-state index in [2.05, 4.69) is 34.4 Å². The maximum absolute atomic E-state index is 4.49. The number of aromatic nitrogens is 2. The van der Waals surface area contributed by atoms with Gasteiger partial charge in [-0.15, -0.1) is 0 Å². The SMILES string of the molecule is CCNc1ncc(C)c(NCCCCCCC(C)C)n1. The van der Waals surface area contributed by atoms with Gasteiger partial charge in [0.2, 0.25) is 5.95 Å². The van der Waals surface area contributed by atoms with Crippen molar-refractivity contribution < 1.29 is 0 Å². The van der Waals surface area contributed by atoms with Crippen molar-refractivity contribution in [2.45, 2.75) is 59.8 Å². The van der Waals surface area contributed by atoms with E-state index in [9.17, 15) is 0 Å². The Bertz CT molecular complexity index is 377. The Balaban J connectivity index is 2.22. The van der Waals surface area contributed by atoms with Crippen molar-refractivity contribution in [2.24, 2.45) is 5.92 Å². The molecule has 1 rings (SSSR count). The van der Waals surface area contributed by atoms with Gasteiger partial charge < -0.3 is 10.6 Å². The van der Waals surface area contributed by atoms with Crippen LogP contribution in [0.2, 0.25) is 0 Å². The zero-order valence-electron chi connectivity index (χ0n) is 13.5. The summed E-state index contributed by atoms with van der Waals surface area (Å²) in [6.45, 7) is 10.5. The first-order valence-corrected chi connectivity index (χ1v) is 7.94. The highest BCUT2D eigenvalue weighted by Gasteiger charge is 2.02. The number of hydrogen-bond acceptors (Lipinski definition) is 4. The first-order chi connectivity index (χ1) is 9.63. The lowest BCUT2D eigenvalue weighted by atomic mass is 10.0. The minimum atomic E-state index is 0.706. The van der Waals surface area contributed by atoms with Crippen molar-refractivity contribution in [1.82, 2.24) is 9.97 Å². The van der Waals surface area contributed by atoms with Crippen LogP contribution in [0, 0.1) is 12.8 Å². The molecule has 0 unspecified atom stereocenters. The zero-order chi connectivity index (χ0) is 14.8. The second kappa shape index (κ2) is 9.56. The van der Waals surface area contributed by atoms with Gasteiger partial charge in [-0.1, -0.05) is 39.5 Å². The van der Waals surface area contributed by atoms with Gasteiger partial charge in [-0.2, -0.15) is 4.98 Å². The number of hydrogen-bond donors (Lipinski definition) is 2. The van der Waals surface area contributed by atoms with Crippen LogP contribution in [0.5, 0.6) is 0 Å². The molecule has 20 heavy (non-hydrogen) atoms. The van der Waals surface area contributed by atoms with E-state index in [0.29, 0.717) is 5.95 Å². The standard InChI is InChI=1S/C16H30N4/c1-5-17-16-19-12-14(4)15(20-16)18-11-9-7-6-8-10-13(2)3/h12-13H,5-11H2,1-4H3,(H2,17,18,19,20). The maximum Gasteiger partial charge on any atom is 0.224 e. The lowest BCUT2D eigenvalue weighted by Gasteiger charge is -2.10. The highest BCUT2D eigenvalue weighted by Crippen LogP contribution is 2.13. The molecule has 0 atom stereocenters. The Morgan fingerprint density at radius 3 is 2.55 bits per heavy atom. The van der Waals surface area contributed by atoms with Crippen LogP contribution in [0.4, 0.5) is 11.8 Å². The van der Waals surface area contributed by atoms with E-state index in [1.54, 1.807) is 0 Å². The third-order valence-electron chi connectivity index (χ3n) is 3.31. The summed E-state index contributed by atoms with van der Waals surface area (Å²) in [7, 11) is 0. The molecule has 114 valence electrons. The smallest absolute Gasteiger partial charge is 0.224 e. The van der Waals surface area contributed by atoms with Crippen LogP contribution >= 0.6 is 0 Å². The molecular formula is C16H30N4. The van der Waals surface area contributed by atoms with Crippen LogP contribution in [-0.4, -0.2) is 23.1 Å². The second-order valence-corrected chi connectivity index (χ2v) is 5.78. The third kappa shape index (κ3) is 6.73. The van der Waals surface area contributed by atoms with Crippen LogP contribution < -0.4 is 10.6 Å². The van der Waals surface area contributed by atoms with Crippen molar-refractivity contribution in [3.05, 3.63) is 11.8 Å². The first-order valence-electron chi connectivity index (χ1n) is 7.94. The Kier molecular flexibility index (Phi) is 8.00. The number of nitrogens with one attached hydrogen (secondary N) is 2. The molecule has 0 saturated carbocycles. The van der Waals surface area contributed by atoms with Gasteiger partial charge in [0.15, 0.2) is 0 Å². The molecule has 0 aliphatic rings. The highest BCUT2D eigenvalue weighted by molar-refractivity contribution is 5.46. The van der Waals surface area contributed by atoms with E-state index in [-0.39, 0.29) is 0 Å². The summed E-state index contributed by atoms with van der Waals surface area (Å²) in [5.41, 5.74) is 1.10. The molecule has 0 bridgehead atoms. The first kappa shape index (κ1) is 16.7. The number of aryl methyl sites for hydroxylation is 1. The average Bonchev–Trinajstić information content (AvgIpc) is 2.41. The molecule has 4 heteroatoms. The Morgan fingerprint density at radius 2 is 1.85 bits per heavy atom.